The first-order valence-electron chi connectivity index (χ1n) is 7.96. The first-order chi connectivity index (χ1) is 12.5. The second-order valence-corrected chi connectivity index (χ2v) is 6.47. The van der Waals surface area contributed by atoms with Gasteiger partial charge >= 0.3 is 0 Å². The van der Waals surface area contributed by atoms with E-state index in [1.807, 2.05) is 0 Å². The highest BCUT2D eigenvalue weighted by Crippen LogP contribution is 2.29. The van der Waals surface area contributed by atoms with Crippen LogP contribution in [0.25, 0.3) is 6.08 Å². The molecule has 1 amide bonds. The Hall–Kier alpha value is -2.08. The molecule has 0 unspecified atom stereocenters. The maximum Gasteiger partial charge on any atom is 0.244 e. The van der Waals surface area contributed by atoms with Crippen molar-refractivity contribution in [1.82, 2.24) is 5.32 Å². The minimum atomic E-state index is -0.352. The summed E-state index contributed by atoms with van der Waals surface area (Å²) >= 11 is 12.0. The van der Waals surface area contributed by atoms with Crippen molar-refractivity contribution < 1.29 is 18.7 Å². The van der Waals surface area contributed by atoms with Crippen LogP contribution in [0, 0.1) is 5.82 Å². The molecule has 0 aromatic heterocycles. The third-order valence-electron chi connectivity index (χ3n) is 3.84. The van der Waals surface area contributed by atoms with Crippen molar-refractivity contribution in [2.24, 2.45) is 0 Å². The van der Waals surface area contributed by atoms with Crippen LogP contribution >= 0.6 is 23.2 Å². The molecule has 0 bridgehead atoms. The summed E-state index contributed by atoms with van der Waals surface area (Å²) in [5.74, 6) is -0.00149. The normalized spacial score (nSPS) is 13.3. The topological polar surface area (TPSA) is 47.6 Å². The Morgan fingerprint density at radius 2 is 2.15 bits per heavy atom. The van der Waals surface area contributed by atoms with Gasteiger partial charge < -0.3 is 14.8 Å². The Labute approximate surface area is 160 Å². The molecule has 0 aliphatic carbocycles. The minimum Gasteiger partial charge on any atom is -0.467 e. The summed E-state index contributed by atoms with van der Waals surface area (Å²) in [4.78, 5) is 12.0. The number of carbonyl (C=O) groups is 1. The van der Waals surface area contributed by atoms with Gasteiger partial charge in [0.25, 0.3) is 0 Å². The second-order valence-electron chi connectivity index (χ2n) is 5.68. The van der Waals surface area contributed by atoms with Gasteiger partial charge in [-0.05, 0) is 41.8 Å². The molecule has 0 saturated carbocycles. The average Bonchev–Trinajstić information content (AvgIpc) is 2.62. The van der Waals surface area contributed by atoms with Gasteiger partial charge in [-0.3, -0.25) is 4.79 Å². The first-order valence-corrected chi connectivity index (χ1v) is 8.72. The van der Waals surface area contributed by atoms with E-state index in [0.717, 1.165) is 0 Å². The van der Waals surface area contributed by atoms with Gasteiger partial charge in [0.1, 0.15) is 11.6 Å². The van der Waals surface area contributed by atoms with Gasteiger partial charge in [0.15, 0.2) is 6.79 Å². The fraction of sp³-hybridized carbons (Fsp3) is 0.211. The lowest BCUT2D eigenvalue weighted by molar-refractivity contribution is -0.116. The molecule has 0 radical (unpaired) electrons. The lowest BCUT2D eigenvalue weighted by Crippen LogP contribution is -2.24. The number of hydrogen-bond donors (Lipinski definition) is 1. The van der Waals surface area contributed by atoms with Crippen molar-refractivity contribution in [3.8, 4) is 5.75 Å². The Bertz CT molecular complexity index is 855. The zero-order valence-electron chi connectivity index (χ0n) is 13.7. The van der Waals surface area contributed by atoms with Crippen molar-refractivity contribution in [2.45, 2.75) is 13.0 Å². The van der Waals surface area contributed by atoms with Crippen LogP contribution < -0.4 is 10.1 Å². The molecule has 7 heteroatoms. The van der Waals surface area contributed by atoms with Crippen LogP contribution in [0.2, 0.25) is 10.0 Å². The molecule has 1 aliphatic rings. The van der Waals surface area contributed by atoms with E-state index < -0.39 is 0 Å². The number of halogens is 3. The van der Waals surface area contributed by atoms with Crippen molar-refractivity contribution >= 4 is 35.2 Å². The molecule has 0 atom stereocenters. The Morgan fingerprint density at radius 1 is 1.31 bits per heavy atom. The van der Waals surface area contributed by atoms with Gasteiger partial charge in [0.05, 0.1) is 16.7 Å². The van der Waals surface area contributed by atoms with Gasteiger partial charge in [-0.2, -0.15) is 0 Å². The predicted octanol–water partition coefficient (Wildman–Crippen LogP) is 4.37. The molecular formula is C19H16Cl2FNO3. The lowest BCUT2D eigenvalue weighted by atomic mass is 10.1. The standard InChI is InChI=1S/C19H16Cl2FNO3/c20-16-3-1-2-12(18(16)21)4-5-17(24)23-7-6-13-8-15(22)9-14-10-25-11-26-19(13)14/h1-5,8-9H,6-7,10-11H2,(H,23,24). The number of ether oxygens (including phenoxy) is 2. The van der Waals surface area contributed by atoms with E-state index in [2.05, 4.69) is 5.32 Å². The summed E-state index contributed by atoms with van der Waals surface area (Å²) in [5.41, 5.74) is 2.03. The highest BCUT2D eigenvalue weighted by molar-refractivity contribution is 6.42. The van der Waals surface area contributed by atoms with Gasteiger partial charge in [-0.1, -0.05) is 35.3 Å². The largest absolute Gasteiger partial charge is 0.467 e. The molecule has 4 nitrogen and oxygen atoms in total. The second kappa shape index (κ2) is 8.54. The number of amides is 1. The SMILES string of the molecule is O=C(C=Cc1cccc(Cl)c1Cl)NCCc1cc(F)cc2c1OCOC2. The van der Waals surface area contributed by atoms with E-state index in [0.29, 0.717) is 52.1 Å². The van der Waals surface area contributed by atoms with Crippen LogP contribution in [0.5, 0.6) is 5.75 Å². The fourth-order valence-corrected chi connectivity index (χ4v) is 3.01. The highest BCUT2D eigenvalue weighted by atomic mass is 35.5. The Morgan fingerprint density at radius 3 is 3.00 bits per heavy atom. The van der Waals surface area contributed by atoms with Crippen LogP contribution in [-0.4, -0.2) is 19.2 Å². The van der Waals surface area contributed by atoms with E-state index >= 15 is 0 Å². The smallest absolute Gasteiger partial charge is 0.244 e. The van der Waals surface area contributed by atoms with E-state index in [9.17, 15) is 9.18 Å². The molecule has 1 aliphatic heterocycles. The summed E-state index contributed by atoms with van der Waals surface area (Å²) in [6.45, 7) is 0.795. The quantitative estimate of drug-likeness (QED) is 0.764. The molecule has 26 heavy (non-hydrogen) atoms. The van der Waals surface area contributed by atoms with E-state index in [4.69, 9.17) is 32.7 Å². The predicted molar refractivity (Wildman–Crippen MR) is 98.9 cm³/mol. The van der Waals surface area contributed by atoms with Gasteiger partial charge in [0, 0.05) is 18.2 Å². The van der Waals surface area contributed by atoms with Crippen LogP contribution in [0.3, 0.4) is 0 Å². The lowest BCUT2D eigenvalue weighted by Gasteiger charge is -2.20. The Kier molecular flexibility index (Phi) is 6.14. The number of hydrogen-bond acceptors (Lipinski definition) is 3. The zero-order valence-corrected chi connectivity index (χ0v) is 15.2. The summed E-state index contributed by atoms with van der Waals surface area (Å²) in [5, 5.41) is 3.57. The van der Waals surface area contributed by atoms with Crippen LogP contribution in [0.15, 0.2) is 36.4 Å². The Balaban J connectivity index is 1.58. The van der Waals surface area contributed by atoms with Crippen LogP contribution in [-0.2, 0) is 22.6 Å². The van der Waals surface area contributed by atoms with Crippen LogP contribution in [0.1, 0.15) is 16.7 Å². The van der Waals surface area contributed by atoms with E-state index in [-0.39, 0.29) is 18.5 Å². The number of carbonyl (C=O) groups excluding carboxylic acids is 1. The van der Waals surface area contributed by atoms with E-state index in [1.165, 1.54) is 18.2 Å². The number of fused-ring (bicyclic) bond motifs is 1. The zero-order chi connectivity index (χ0) is 18.5. The van der Waals surface area contributed by atoms with Crippen molar-refractivity contribution in [2.75, 3.05) is 13.3 Å². The summed E-state index contributed by atoms with van der Waals surface area (Å²) in [6, 6.07) is 8.00. The van der Waals surface area contributed by atoms with Gasteiger partial charge in [-0.15, -0.1) is 0 Å². The molecule has 0 spiro atoms. The summed E-state index contributed by atoms with van der Waals surface area (Å²) in [6.07, 6.45) is 3.41. The van der Waals surface area contributed by atoms with Gasteiger partial charge in [0.2, 0.25) is 5.91 Å². The molecule has 136 valence electrons. The molecule has 0 saturated heterocycles. The first kappa shape index (κ1) is 18.7. The number of nitrogens with one attached hydrogen (secondary N) is 1. The molecular weight excluding hydrogens is 380 g/mol. The molecule has 0 fully saturated rings. The molecule has 1 N–H and O–H groups in total. The number of rotatable bonds is 5. The average molecular weight is 396 g/mol. The third kappa shape index (κ3) is 4.55. The van der Waals surface area contributed by atoms with Crippen molar-refractivity contribution in [1.29, 1.82) is 0 Å². The highest BCUT2D eigenvalue weighted by Gasteiger charge is 2.16. The summed E-state index contributed by atoms with van der Waals surface area (Å²) < 4.78 is 24.3. The van der Waals surface area contributed by atoms with Crippen molar-refractivity contribution in [3.05, 3.63) is 69.0 Å². The number of benzene rings is 2. The fourth-order valence-electron chi connectivity index (χ4n) is 2.64. The van der Waals surface area contributed by atoms with Crippen molar-refractivity contribution in [3.63, 3.8) is 0 Å². The summed E-state index contributed by atoms with van der Waals surface area (Å²) in [7, 11) is 0. The third-order valence-corrected chi connectivity index (χ3v) is 4.67. The molecule has 2 aromatic rings. The minimum absolute atomic E-state index is 0.140. The van der Waals surface area contributed by atoms with Gasteiger partial charge in [-0.25, -0.2) is 4.39 Å². The maximum atomic E-state index is 13.7. The maximum absolute atomic E-state index is 13.7. The molecule has 2 aromatic carbocycles. The van der Waals surface area contributed by atoms with Crippen LogP contribution in [0.4, 0.5) is 4.39 Å². The van der Waals surface area contributed by atoms with E-state index in [1.54, 1.807) is 24.3 Å². The monoisotopic (exact) mass is 395 g/mol. The molecule has 3 rings (SSSR count). The molecule has 1 heterocycles.